The minimum atomic E-state index is -1.39. The Morgan fingerprint density at radius 2 is 2.00 bits per heavy atom. The molecule has 0 spiro atoms. The number of hydrogen-bond acceptors (Lipinski definition) is 9. The van der Waals surface area contributed by atoms with E-state index >= 15 is 0 Å². The Morgan fingerprint density at radius 1 is 1.23 bits per heavy atom. The van der Waals surface area contributed by atoms with Crippen molar-refractivity contribution in [1.82, 2.24) is 24.8 Å². The fourth-order valence-corrected chi connectivity index (χ4v) is 3.42. The normalized spacial score (nSPS) is 23.6. The molecule has 3 aromatic rings. The van der Waals surface area contributed by atoms with E-state index < -0.39 is 30.4 Å². The van der Waals surface area contributed by atoms with Crippen molar-refractivity contribution >= 4 is 28.8 Å². The summed E-state index contributed by atoms with van der Waals surface area (Å²) in [6.07, 6.45) is -2.86. The van der Waals surface area contributed by atoms with Crippen LogP contribution >= 0.6 is 0 Å². The summed E-state index contributed by atoms with van der Waals surface area (Å²) in [5.41, 5.74) is 7.84. The highest BCUT2D eigenvalue weighted by Crippen LogP contribution is 2.32. The van der Waals surface area contributed by atoms with Crippen molar-refractivity contribution in [2.45, 2.75) is 31.0 Å². The van der Waals surface area contributed by atoms with E-state index in [1.165, 1.54) is 23.5 Å². The molecule has 3 heterocycles. The zero-order valence-electron chi connectivity index (χ0n) is 16.3. The number of nitrogens with two attached hydrogens (primary N) is 1. The van der Waals surface area contributed by atoms with E-state index in [4.69, 9.17) is 10.5 Å². The number of imidazole rings is 1. The molecule has 0 unspecified atom stereocenters. The molecular weight excluding hydrogens is 390 g/mol. The Morgan fingerprint density at radius 3 is 2.73 bits per heavy atom. The Balaban J connectivity index is 1.57. The number of aliphatic hydroxyl groups excluding tert-OH is 2. The molecule has 11 nitrogen and oxygen atoms in total. The molecule has 1 aliphatic heterocycles. The molecule has 1 aromatic carbocycles. The van der Waals surface area contributed by atoms with E-state index in [0.717, 1.165) is 6.42 Å². The number of aromatic nitrogens is 4. The number of anilines is 2. The van der Waals surface area contributed by atoms with Crippen LogP contribution in [0.4, 0.5) is 11.8 Å². The summed E-state index contributed by atoms with van der Waals surface area (Å²) in [6.45, 7) is 0.586. The van der Waals surface area contributed by atoms with E-state index in [2.05, 4.69) is 25.6 Å². The first-order valence-corrected chi connectivity index (χ1v) is 9.50. The largest absolute Gasteiger partial charge is 0.387 e. The van der Waals surface area contributed by atoms with Crippen LogP contribution in [0.25, 0.3) is 11.2 Å². The SMILES string of the molecule is CNC(=O)[C@H]1O[C@@H](n2cnc3c(N)nc(NCCc4ccccc4)nc32)[C@H](O)[C@@H]1O. The predicted octanol–water partition coefficient (Wildman–Crippen LogP) is -0.572. The average molecular weight is 413 g/mol. The van der Waals surface area contributed by atoms with Crippen molar-refractivity contribution in [2.75, 3.05) is 24.6 Å². The molecule has 1 amide bonds. The van der Waals surface area contributed by atoms with E-state index in [-0.39, 0.29) is 5.82 Å². The number of nitrogens with one attached hydrogen (secondary N) is 2. The molecule has 158 valence electrons. The lowest BCUT2D eigenvalue weighted by atomic mass is 10.1. The fraction of sp³-hybridized carbons (Fsp3) is 0.368. The fourth-order valence-electron chi connectivity index (χ4n) is 3.42. The highest BCUT2D eigenvalue weighted by molar-refractivity contribution is 5.83. The van der Waals surface area contributed by atoms with Crippen LogP contribution in [0, 0.1) is 0 Å². The standard InChI is InChI=1S/C19H23N7O4/c1-21-17(29)14-12(27)13(28)18(30-14)26-9-23-11-15(20)24-19(25-16(11)26)22-8-7-10-5-3-2-4-6-10/h2-6,9,12-14,18,27-28H,7-8H2,1H3,(H,21,29)(H3,20,22,24,25)/t12-,13+,14-,18+/m0/s1. The van der Waals surface area contributed by atoms with Gasteiger partial charge in [-0.05, 0) is 12.0 Å². The van der Waals surface area contributed by atoms with Gasteiger partial charge in [0.15, 0.2) is 23.8 Å². The second-order valence-corrected chi connectivity index (χ2v) is 6.96. The Labute approximate surface area is 171 Å². The average Bonchev–Trinajstić information content (AvgIpc) is 3.30. The summed E-state index contributed by atoms with van der Waals surface area (Å²) in [6, 6.07) is 9.97. The molecule has 0 radical (unpaired) electrons. The van der Waals surface area contributed by atoms with Crippen LogP contribution in [0.3, 0.4) is 0 Å². The molecule has 1 saturated heterocycles. The van der Waals surface area contributed by atoms with Crippen LogP contribution in [0.1, 0.15) is 11.8 Å². The van der Waals surface area contributed by atoms with E-state index in [0.29, 0.717) is 23.7 Å². The second-order valence-electron chi connectivity index (χ2n) is 6.96. The van der Waals surface area contributed by atoms with Gasteiger partial charge in [-0.2, -0.15) is 9.97 Å². The molecule has 6 N–H and O–H groups in total. The van der Waals surface area contributed by atoms with Gasteiger partial charge in [-0.1, -0.05) is 30.3 Å². The van der Waals surface area contributed by atoms with Crippen LogP contribution in [0.15, 0.2) is 36.7 Å². The third-order valence-electron chi connectivity index (χ3n) is 5.01. The van der Waals surface area contributed by atoms with Crippen molar-refractivity contribution in [3.8, 4) is 0 Å². The highest BCUT2D eigenvalue weighted by atomic mass is 16.6. The molecule has 1 aliphatic rings. The quantitative estimate of drug-likeness (QED) is 0.356. The topological polar surface area (TPSA) is 160 Å². The number of nitrogen functional groups attached to an aromatic ring is 1. The molecule has 30 heavy (non-hydrogen) atoms. The lowest BCUT2D eigenvalue weighted by Crippen LogP contribution is -2.41. The van der Waals surface area contributed by atoms with Gasteiger partial charge in [0.1, 0.15) is 17.7 Å². The van der Waals surface area contributed by atoms with Crippen molar-refractivity contribution in [3.05, 3.63) is 42.2 Å². The van der Waals surface area contributed by atoms with Crippen LogP contribution < -0.4 is 16.4 Å². The molecule has 1 fully saturated rings. The molecular formula is C19H23N7O4. The van der Waals surface area contributed by atoms with Gasteiger partial charge in [0, 0.05) is 13.6 Å². The lowest BCUT2D eigenvalue weighted by Gasteiger charge is -2.16. The maximum absolute atomic E-state index is 11.9. The van der Waals surface area contributed by atoms with Crippen LogP contribution in [0.5, 0.6) is 0 Å². The lowest BCUT2D eigenvalue weighted by molar-refractivity contribution is -0.137. The van der Waals surface area contributed by atoms with Crippen molar-refractivity contribution in [1.29, 1.82) is 0 Å². The number of rotatable bonds is 6. The van der Waals surface area contributed by atoms with E-state index in [9.17, 15) is 15.0 Å². The van der Waals surface area contributed by atoms with Gasteiger partial charge in [-0.15, -0.1) is 0 Å². The van der Waals surface area contributed by atoms with E-state index in [1.54, 1.807) is 0 Å². The number of fused-ring (bicyclic) bond motifs is 1. The molecule has 0 saturated carbocycles. The summed E-state index contributed by atoms with van der Waals surface area (Å²) in [5, 5.41) is 26.1. The molecule has 4 atom stereocenters. The Bertz CT molecular complexity index is 1040. The summed E-state index contributed by atoms with van der Waals surface area (Å²) in [4.78, 5) is 24.8. The first-order valence-electron chi connectivity index (χ1n) is 9.50. The number of ether oxygens (including phenoxy) is 1. The van der Waals surface area contributed by atoms with Gasteiger partial charge < -0.3 is 31.3 Å². The van der Waals surface area contributed by atoms with Gasteiger partial charge in [0.25, 0.3) is 5.91 Å². The first-order chi connectivity index (χ1) is 14.5. The second kappa shape index (κ2) is 8.22. The van der Waals surface area contributed by atoms with Crippen LogP contribution in [-0.2, 0) is 16.0 Å². The predicted molar refractivity (Wildman–Crippen MR) is 108 cm³/mol. The third-order valence-corrected chi connectivity index (χ3v) is 5.01. The molecule has 11 heteroatoms. The maximum atomic E-state index is 11.9. The maximum Gasteiger partial charge on any atom is 0.251 e. The summed E-state index contributed by atoms with van der Waals surface area (Å²) in [5.74, 6) is -0.0729. The Kier molecular flexibility index (Phi) is 5.48. The number of hydrogen-bond donors (Lipinski definition) is 5. The highest BCUT2D eigenvalue weighted by Gasteiger charge is 2.47. The number of aliphatic hydroxyl groups is 2. The third kappa shape index (κ3) is 3.65. The number of nitrogens with zero attached hydrogens (tertiary/aromatic N) is 4. The monoisotopic (exact) mass is 413 g/mol. The number of likely N-dealkylation sites (N-methyl/N-ethyl adjacent to an activating group) is 1. The van der Waals surface area contributed by atoms with Gasteiger partial charge in [-0.3, -0.25) is 9.36 Å². The van der Waals surface area contributed by atoms with Crippen LogP contribution in [0.2, 0.25) is 0 Å². The molecule has 0 bridgehead atoms. The number of amides is 1. The van der Waals surface area contributed by atoms with Crippen molar-refractivity contribution in [3.63, 3.8) is 0 Å². The Hall–Kier alpha value is -3.28. The van der Waals surface area contributed by atoms with Crippen LogP contribution in [-0.4, -0.2) is 67.5 Å². The van der Waals surface area contributed by atoms with Gasteiger partial charge in [0.05, 0.1) is 6.33 Å². The zero-order valence-corrected chi connectivity index (χ0v) is 16.3. The molecule has 4 rings (SSSR count). The molecule has 0 aliphatic carbocycles. The van der Waals surface area contributed by atoms with Crippen molar-refractivity contribution < 1.29 is 19.7 Å². The minimum absolute atomic E-state index is 0.164. The summed E-state index contributed by atoms with van der Waals surface area (Å²) in [7, 11) is 1.42. The summed E-state index contributed by atoms with van der Waals surface area (Å²) < 4.78 is 7.04. The van der Waals surface area contributed by atoms with E-state index in [1.807, 2.05) is 30.3 Å². The molecule has 2 aromatic heterocycles. The van der Waals surface area contributed by atoms with Gasteiger partial charge in [-0.25, -0.2) is 4.98 Å². The van der Waals surface area contributed by atoms with Gasteiger partial charge >= 0.3 is 0 Å². The number of carbonyl (C=O) groups excluding carboxylic acids is 1. The van der Waals surface area contributed by atoms with Crippen molar-refractivity contribution in [2.24, 2.45) is 0 Å². The smallest absolute Gasteiger partial charge is 0.251 e. The number of carbonyl (C=O) groups is 1. The zero-order chi connectivity index (χ0) is 21.3. The summed E-state index contributed by atoms with van der Waals surface area (Å²) >= 11 is 0. The first kappa shape index (κ1) is 20.0. The number of benzene rings is 1. The minimum Gasteiger partial charge on any atom is -0.387 e. The van der Waals surface area contributed by atoms with Gasteiger partial charge in [0.2, 0.25) is 5.95 Å².